The van der Waals surface area contributed by atoms with Gasteiger partial charge in [0.05, 0.1) is 27.6 Å². The van der Waals surface area contributed by atoms with E-state index >= 15 is 0 Å². The highest BCUT2D eigenvalue weighted by Crippen LogP contribution is 2.31. The number of nitrogens with one attached hydrogen (secondary N) is 1. The van der Waals surface area contributed by atoms with Crippen molar-refractivity contribution in [3.63, 3.8) is 0 Å². The summed E-state index contributed by atoms with van der Waals surface area (Å²) in [6.45, 7) is -0.122. The Balaban J connectivity index is 1.53. The maximum absolute atomic E-state index is 12.6. The second-order valence-electron chi connectivity index (χ2n) is 7.32. The minimum Gasteiger partial charge on any atom is -0.480 e. The highest BCUT2D eigenvalue weighted by Gasteiger charge is 2.27. The van der Waals surface area contributed by atoms with E-state index in [1.807, 2.05) is 12.1 Å². The summed E-state index contributed by atoms with van der Waals surface area (Å²) in [6.07, 6.45) is 3.61. The predicted molar refractivity (Wildman–Crippen MR) is 110 cm³/mol. The summed E-state index contributed by atoms with van der Waals surface area (Å²) in [7, 11) is -3.53. The largest absolute Gasteiger partial charge is 0.480 e. The molecule has 2 N–H and O–H groups in total. The first-order valence-electron chi connectivity index (χ1n) is 9.52. The van der Waals surface area contributed by atoms with E-state index in [0.717, 1.165) is 22.3 Å². The molecule has 0 spiro atoms. The summed E-state index contributed by atoms with van der Waals surface area (Å²) in [5, 5.41) is 21.3. The number of nitrogens with zero attached hydrogens (tertiary/aromatic N) is 3. The van der Waals surface area contributed by atoms with Crippen LogP contribution in [-0.4, -0.2) is 41.0 Å². The minimum absolute atomic E-state index is 0.0588. The van der Waals surface area contributed by atoms with Crippen molar-refractivity contribution < 1.29 is 18.3 Å². The van der Waals surface area contributed by atoms with Crippen LogP contribution < -0.4 is 5.32 Å². The van der Waals surface area contributed by atoms with Gasteiger partial charge in [0.25, 0.3) is 0 Å². The fraction of sp³-hybridized carbons (Fsp3) is 0.286. The summed E-state index contributed by atoms with van der Waals surface area (Å²) in [5.74, 6) is -1.12. The number of hydrogen-bond acceptors (Lipinski definition) is 6. The van der Waals surface area contributed by atoms with Gasteiger partial charge in [-0.2, -0.15) is 5.26 Å². The number of pyridine rings is 1. The first-order valence-corrected chi connectivity index (χ1v) is 11.2. The Kier molecular flexibility index (Phi) is 5.28. The van der Waals surface area contributed by atoms with Gasteiger partial charge in [-0.3, -0.25) is 9.78 Å². The molecular weight excluding hydrogens is 404 g/mol. The molecule has 1 aromatic carbocycles. The minimum atomic E-state index is -3.53. The Hall–Kier alpha value is -3.22. The molecular formula is C21H20N4O4S. The van der Waals surface area contributed by atoms with Gasteiger partial charge in [-0.05, 0) is 55.7 Å². The lowest BCUT2D eigenvalue weighted by Gasteiger charge is -2.24. The summed E-state index contributed by atoms with van der Waals surface area (Å²) in [6, 6.07) is 11.4. The third-order valence-electron chi connectivity index (χ3n) is 5.42. The molecule has 0 aliphatic heterocycles. The number of benzene rings is 1. The highest BCUT2D eigenvalue weighted by molar-refractivity contribution is 7.91. The molecule has 3 aromatic rings. The third kappa shape index (κ3) is 3.79. The van der Waals surface area contributed by atoms with Crippen molar-refractivity contribution >= 4 is 26.8 Å². The van der Waals surface area contributed by atoms with Crippen molar-refractivity contribution in [1.82, 2.24) is 14.9 Å². The molecule has 1 atom stereocenters. The lowest BCUT2D eigenvalue weighted by molar-refractivity contribution is -0.137. The van der Waals surface area contributed by atoms with Crippen LogP contribution in [0.2, 0.25) is 0 Å². The van der Waals surface area contributed by atoms with Crippen LogP contribution in [-0.2, 0) is 34.0 Å². The van der Waals surface area contributed by atoms with E-state index in [9.17, 15) is 18.3 Å². The van der Waals surface area contributed by atoms with E-state index in [4.69, 9.17) is 5.26 Å². The van der Waals surface area contributed by atoms with Gasteiger partial charge in [0, 0.05) is 23.5 Å². The molecule has 2 aromatic heterocycles. The number of carboxylic acid groups (broad SMARTS) is 1. The number of aromatic nitrogens is 2. The highest BCUT2D eigenvalue weighted by atomic mass is 32.2. The number of rotatable bonds is 6. The Morgan fingerprint density at radius 2 is 2.07 bits per heavy atom. The fourth-order valence-electron chi connectivity index (χ4n) is 3.99. The van der Waals surface area contributed by atoms with E-state index in [1.165, 1.54) is 24.3 Å². The predicted octanol–water partition coefficient (Wildman–Crippen LogP) is 1.87. The molecule has 0 bridgehead atoms. The molecule has 8 nitrogen and oxygen atoms in total. The Morgan fingerprint density at radius 1 is 1.30 bits per heavy atom. The van der Waals surface area contributed by atoms with Crippen molar-refractivity contribution in [3.8, 4) is 6.07 Å². The summed E-state index contributed by atoms with van der Waals surface area (Å²) in [4.78, 5) is 15.9. The van der Waals surface area contributed by atoms with E-state index in [1.54, 1.807) is 16.8 Å². The second-order valence-corrected chi connectivity index (χ2v) is 9.30. The Labute approximate surface area is 173 Å². The van der Waals surface area contributed by atoms with Crippen molar-refractivity contribution in [2.24, 2.45) is 0 Å². The molecule has 9 heteroatoms. The smallest absolute Gasteiger partial charge is 0.323 e. The van der Waals surface area contributed by atoms with Crippen LogP contribution in [0.1, 0.15) is 23.2 Å². The molecule has 154 valence electrons. The number of fused-ring (bicyclic) bond motifs is 3. The quantitative estimate of drug-likeness (QED) is 0.619. The van der Waals surface area contributed by atoms with Crippen molar-refractivity contribution in [3.05, 3.63) is 59.4 Å². The zero-order valence-electron chi connectivity index (χ0n) is 16.1. The first kappa shape index (κ1) is 20.1. The van der Waals surface area contributed by atoms with Gasteiger partial charge in [-0.1, -0.05) is 0 Å². The molecule has 30 heavy (non-hydrogen) atoms. The summed E-state index contributed by atoms with van der Waals surface area (Å²) >= 11 is 0. The SMILES string of the molecule is N#Cc1ccc(S(=O)(=O)CNC2CCc3c(c4ncccc4n3CC(=O)O)C2)cc1. The molecule has 0 fully saturated rings. The van der Waals surface area contributed by atoms with E-state index in [2.05, 4.69) is 10.3 Å². The number of carbonyl (C=O) groups is 1. The average molecular weight is 424 g/mol. The van der Waals surface area contributed by atoms with Gasteiger partial charge in [0.1, 0.15) is 12.4 Å². The van der Waals surface area contributed by atoms with Crippen LogP contribution in [0.5, 0.6) is 0 Å². The van der Waals surface area contributed by atoms with Gasteiger partial charge in [0.15, 0.2) is 9.84 Å². The molecule has 0 saturated heterocycles. The second kappa shape index (κ2) is 7.89. The van der Waals surface area contributed by atoms with Gasteiger partial charge in [-0.25, -0.2) is 8.42 Å². The molecule has 0 radical (unpaired) electrons. The van der Waals surface area contributed by atoms with Gasteiger partial charge >= 0.3 is 5.97 Å². The Morgan fingerprint density at radius 3 is 2.77 bits per heavy atom. The number of carboxylic acids is 1. The molecule has 1 unspecified atom stereocenters. The summed E-state index contributed by atoms with van der Waals surface area (Å²) in [5.41, 5.74) is 3.91. The maximum atomic E-state index is 12.6. The zero-order valence-corrected chi connectivity index (χ0v) is 16.9. The van der Waals surface area contributed by atoms with E-state index in [0.29, 0.717) is 24.8 Å². The average Bonchev–Trinajstić information content (AvgIpc) is 3.05. The van der Waals surface area contributed by atoms with Gasteiger partial charge < -0.3 is 15.0 Å². The zero-order chi connectivity index (χ0) is 21.3. The van der Waals surface area contributed by atoms with Gasteiger partial charge in [0.2, 0.25) is 0 Å². The van der Waals surface area contributed by atoms with Crippen LogP contribution in [0.4, 0.5) is 0 Å². The molecule has 4 rings (SSSR count). The van der Waals surface area contributed by atoms with Crippen LogP contribution in [0.15, 0.2) is 47.5 Å². The fourth-order valence-corrected chi connectivity index (χ4v) is 5.16. The van der Waals surface area contributed by atoms with Crippen LogP contribution in [0.3, 0.4) is 0 Å². The monoisotopic (exact) mass is 424 g/mol. The van der Waals surface area contributed by atoms with E-state index < -0.39 is 15.8 Å². The maximum Gasteiger partial charge on any atom is 0.323 e. The van der Waals surface area contributed by atoms with Crippen molar-refractivity contribution in [2.45, 2.75) is 36.7 Å². The summed E-state index contributed by atoms with van der Waals surface area (Å²) < 4.78 is 27.1. The third-order valence-corrected chi connectivity index (χ3v) is 6.95. The molecule has 2 heterocycles. The molecule has 1 aliphatic rings. The molecule has 0 amide bonds. The van der Waals surface area contributed by atoms with Crippen LogP contribution >= 0.6 is 0 Å². The Bertz CT molecular complexity index is 1260. The standard InChI is InChI=1S/C21H20N4O4S/c22-11-14-3-6-16(7-4-14)30(28,29)13-24-15-5-8-18-17(10-15)21-19(2-1-9-23-21)25(18)12-20(26)27/h1-4,6-7,9,15,24H,5,8,10,12-13H2,(H,26,27). The lowest BCUT2D eigenvalue weighted by Crippen LogP contribution is -2.38. The van der Waals surface area contributed by atoms with Crippen molar-refractivity contribution in [2.75, 3.05) is 5.88 Å². The number of aliphatic carboxylic acids is 1. The van der Waals surface area contributed by atoms with E-state index in [-0.39, 0.29) is 23.4 Å². The number of hydrogen-bond donors (Lipinski definition) is 2. The van der Waals surface area contributed by atoms with Gasteiger partial charge in [-0.15, -0.1) is 0 Å². The number of sulfone groups is 1. The first-order chi connectivity index (χ1) is 14.4. The van der Waals surface area contributed by atoms with Crippen LogP contribution in [0, 0.1) is 11.3 Å². The van der Waals surface area contributed by atoms with Crippen LogP contribution in [0.25, 0.3) is 11.0 Å². The topological polar surface area (TPSA) is 125 Å². The normalized spacial score (nSPS) is 16.2. The number of nitriles is 1. The molecule has 1 aliphatic carbocycles. The molecule has 0 saturated carbocycles. The lowest BCUT2D eigenvalue weighted by atomic mass is 9.92. The van der Waals surface area contributed by atoms with Crippen molar-refractivity contribution in [1.29, 1.82) is 5.26 Å².